The van der Waals surface area contributed by atoms with Crippen molar-refractivity contribution in [3.05, 3.63) is 53.6 Å². The van der Waals surface area contributed by atoms with Crippen LogP contribution < -0.4 is 9.46 Å². The van der Waals surface area contributed by atoms with E-state index in [1.54, 1.807) is 35.0 Å². The lowest BCUT2D eigenvalue weighted by atomic mass is 10.2. The Morgan fingerprint density at radius 2 is 1.82 bits per heavy atom. The highest BCUT2D eigenvalue weighted by atomic mass is 32.2. The second-order valence-electron chi connectivity index (χ2n) is 6.47. The van der Waals surface area contributed by atoms with Crippen molar-refractivity contribution < 1.29 is 13.2 Å². The molecule has 0 amide bonds. The predicted octanol–water partition coefficient (Wildman–Crippen LogP) is 3.53. The number of ether oxygens (including phenoxy) is 1. The monoisotopic (exact) mass is 401 g/mol. The van der Waals surface area contributed by atoms with Gasteiger partial charge in [0.15, 0.2) is 5.82 Å². The SMILES string of the molecule is CCCS(=O)(=O)Nc1ccc(Oc2cc(-n3nc(C)c(C)c3C)ncn2)cc1. The predicted molar refractivity (Wildman–Crippen MR) is 108 cm³/mol. The fraction of sp³-hybridized carbons (Fsp3) is 0.316. The average Bonchev–Trinajstić information content (AvgIpc) is 2.91. The summed E-state index contributed by atoms with van der Waals surface area (Å²) < 4.78 is 33.7. The number of sulfonamides is 1. The van der Waals surface area contributed by atoms with Crippen LogP contribution >= 0.6 is 0 Å². The lowest BCUT2D eigenvalue weighted by molar-refractivity contribution is 0.460. The molecule has 3 aromatic rings. The minimum absolute atomic E-state index is 0.0841. The molecule has 0 aliphatic carbocycles. The maximum absolute atomic E-state index is 11.8. The fourth-order valence-corrected chi connectivity index (χ4v) is 3.79. The normalized spacial score (nSPS) is 11.4. The first-order valence-corrected chi connectivity index (χ1v) is 10.6. The van der Waals surface area contributed by atoms with E-state index in [9.17, 15) is 8.42 Å². The van der Waals surface area contributed by atoms with Crippen molar-refractivity contribution in [2.75, 3.05) is 10.5 Å². The van der Waals surface area contributed by atoms with Crippen LogP contribution in [-0.2, 0) is 10.0 Å². The summed E-state index contributed by atoms with van der Waals surface area (Å²) in [7, 11) is -3.32. The highest BCUT2D eigenvalue weighted by molar-refractivity contribution is 7.92. The minimum Gasteiger partial charge on any atom is -0.439 e. The standard InChI is InChI=1S/C19H23N5O3S/c1-5-10-28(25,26)23-16-6-8-17(9-7-16)27-19-11-18(20-12-21-19)24-15(4)13(2)14(3)22-24/h6-9,11-12,23H,5,10H2,1-4H3. The van der Waals surface area contributed by atoms with E-state index in [0.717, 1.165) is 17.0 Å². The number of nitrogens with zero attached hydrogens (tertiary/aromatic N) is 4. The van der Waals surface area contributed by atoms with Crippen LogP contribution in [0, 0.1) is 20.8 Å². The van der Waals surface area contributed by atoms with Gasteiger partial charge in [0.05, 0.1) is 11.4 Å². The number of benzene rings is 1. The molecule has 2 heterocycles. The van der Waals surface area contributed by atoms with Gasteiger partial charge in [-0.15, -0.1) is 0 Å². The minimum atomic E-state index is -3.32. The van der Waals surface area contributed by atoms with Crippen molar-refractivity contribution >= 4 is 15.7 Å². The molecule has 9 heteroatoms. The van der Waals surface area contributed by atoms with Gasteiger partial charge in [-0.3, -0.25) is 4.72 Å². The van der Waals surface area contributed by atoms with E-state index < -0.39 is 10.0 Å². The molecule has 0 radical (unpaired) electrons. The van der Waals surface area contributed by atoms with E-state index in [2.05, 4.69) is 19.8 Å². The quantitative estimate of drug-likeness (QED) is 0.650. The molecule has 3 rings (SSSR count). The van der Waals surface area contributed by atoms with Crippen molar-refractivity contribution in [3.8, 4) is 17.4 Å². The van der Waals surface area contributed by atoms with Crippen LogP contribution in [0.4, 0.5) is 5.69 Å². The van der Waals surface area contributed by atoms with Gasteiger partial charge in [0, 0.05) is 17.4 Å². The van der Waals surface area contributed by atoms with Crippen molar-refractivity contribution in [2.24, 2.45) is 0 Å². The zero-order valence-electron chi connectivity index (χ0n) is 16.3. The van der Waals surface area contributed by atoms with Crippen molar-refractivity contribution in [3.63, 3.8) is 0 Å². The maximum atomic E-state index is 11.8. The number of anilines is 1. The molecule has 0 spiro atoms. The second-order valence-corrected chi connectivity index (χ2v) is 8.31. The Morgan fingerprint density at radius 1 is 1.11 bits per heavy atom. The van der Waals surface area contributed by atoms with Gasteiger partial charge in [0.25, 0.3) is 0 Å². The summed E-state index contributed by atoms with van der Waals surface area (Å²) in [5, 5.41) is 4.49. The topological polar surface area (TPSA) is 99.0 Å². The first-order valence-electron chi connectivity index (χ1n) is 8.92. The van der Waals surface area contributed by atoms with E-state index in [1.807, 2.05) is 27.7 Å². The van der Waals surface area contributed by atoms with Gasteiger partial charge in [-0.2, -0.15) is 5.10 Å². The smallest absolute Gasteiger partial charge is 0.232 e. The van der Waals surface area contributed by atoms with Gasteiger partial charge < -0.3 is 4.74 Å². The maximum Gasteiger partial charge on any atom is 0.232 e. The van der Waals surface area contributed by atoms with E-state index >= 15 is 0 Å². The molecule has 0 fully saturated rings. The molecule has 0 bridgehead atoms. The molecule has 0 aliphatic heterocycles. The number of aryl methyl sites for hydroxylation is 1. The molecule has 0 saturated carbocycles. The van der Waals surface area contributed by atoms with Crippen LogP contribution in [0.3, 0.4) is 0 Å². The number of aromatic nitrogens is 4. The van der Waals surface area contributed by atoms with Gasteiger partial charge in [0.2, 0.25) is 15.9 Å². The first kappa shape index (κ1) is 19.8. The summed E-state index contributed by atoms with van der Waals surface area (Å²) in [6.45, 7) is 7.77. The van der Waals surface area contributed by atoms with Gasteiger partial charge in [0.1, 0.15) is 12.1 Å². The summed E-state index contributed by atoms with van der Waals surface area (Å²) in [5.41, 5.74) is 3.55. The van der Waals surface area contributed by atoms with E-state index in [1.165, 1.54) is 6.33 Å². The van der Waals surface area contributed by atoms with E-state index in [-0.39, 0.29) is 5.75 Å². The van der Waals surface area contributed by atoms with Crippen LogP contribution in [0.15, 0.2) is 36.7 Å². The lowest BCUT2D eigenvalue weighted by Crippen LogP contribution is -2.15. The molecule has 8 nitrogen and oxygen atoms in total. The Hall–Kier alpha value is -2.94. The van der Waals surface area contributed by atoms with Crippen LogP contribution in [0.2, 0.25) is 0 Å². The van der Waals surface area contributed by atoms with Gasteiger partial charge in [-0.25, -0.2) is 23.1 Å². The number of rotatable bonds is 7. The van der Waals surface area contributed by atoms with Gasteiger partial charge >= 0.3 is 0 Å². The molecular formula is C19H23N5O3S. The van der Waals surface area contributed by atoms with Crippen LogP contribution in [0.5, 0.6) is 11.6 Å². The fourth-order valence-electron chi connectivity index (χ4n) is 2.66. The van der Waals surface area contributed by atoms with Gasteiger partial charge in [-0.1, -0.05) is 6.92 Å². The van der Waals surface area contributed by atoms with Crippen LogP contribution in [-0.4, -0.2) is 33.9 Å². The summed E-state index contributed by atoms with van der Waals surface area (Å²) in [5.74, 6) is 1.60. The van der Waals surface area contributed by atoms with Crippen LogP contribution in [0.1, 0.15) is 30.3 Å². The Morgan fingerprint density at radius 3 is 2.43 bits per heavy atom. The lowest BCUT2D eigenvalue weighted by Gasteiger charge is -2.09. The molecule has 0 unspecified atom stereocenters. The Kier molecular flexibility index (Phi) is 5.64. The molecule has 1 aromatic carbocycles. The zero-order valence-corrected chi connectivity index (χ0v) is 17.1. The van der Waals surface area contributed by atoms with E-state index in [4.69, 9.17) is 4.74 Å². The van der Waals surface area contributed by atoms with Crippen LogP contribution in [0.25, 0.3) is 5.82 Å². The Labute approximate surface area is 164 Å². The Balaban J connectivity index is 1.76. The highest BCUT2D eigenvalue weighted by Crippen LogP contribution is 2.24. The number of nitrogens with one attached hydrogen (secondary N) is 1. The third-order valence-corrected chi connectivity index (χ3v) is 5.81. The first-order chi connectivity index (χ1) is 13.3. The van der Waals surface area contributed by atoms with Crippen molar-refractivity contribution in [1.29, 1.82) is 0 Å². The van der Waals surface area contributed by atoms with Crippen molar-refractivity contribution in [1.82, 2.24) is 19.7 Å². The average molecular weight is 401 g/mol. The van der Waals surface area contributed by atoms with E-state index in [0.29, 0.717) is 29.6 Å². The largest absolute Gasteiger partial charge is 0.439 e. The summed E-state index contributed by atoms with van der Waals surface area (Å²) in [4.78, 5) is 8.41. The third-order valence-electron chi connectivity index (χ3n) is 4.32. The molecule has 28 heavy (non-hydrogen) atoms. The summed E-state index contributed by atoms with van der Waals surface area (Å²) >= 11 is 0. The zero-order chi connectivity index (χ0) is 20.3. The molecule has 1 N–H and O–H groups in total. The molecule has 2 aromatic heterocycles. The number of hydrogen-bond donors (Lipinski definition) is 1. The molecule has 0 atom stereocenters. The second kappa shape index (κ2) is 7.97. The molecule has 148 valence electrons. The van der Waals surface area contributed by atoms with Crippen molar-refractivity contribution in [2.45, 2.75) is 34.1 Å². The molecule has 0 aliphatic rings. The molecule has 0 saturated heterocycles. The summed E-state index contributed by atoms with van der Waals surface area (Å²) in [6.07, 6.45) is 1.98. The number of hydrogen-bond acceptors (Lipinski definition) is 6. The Bertz CT molecular complexity index is 1080. The highest BCUT2D eigenvalue weighted by Gasteiger charge is 2.12. The molecular weight excluding hydrogens is 378 g/mol. The summed E-state index contributed by atoms with van der Waals surface area (Å²) in [6, 6.07) is 8.36. The van der Waals surface area contributed by atoms with Gasteiger partial charge in [-0.05, 0) is 57.0 Å². The third kappa shape index (κ3) is 4.48.